The van der Waals surface area contributed by atoms with Gasteiger partial charge in [-0.1, -0.05) is 54.0 Å². The number of ether oxygens (including phenoxy) is 1. The molecule has 0 aliphatic carbocycles. The lowest BCUT2D eigenvalue weighted by atomic mass is 10.2. The second-order valence-electron chi connectivity index (χ2n) is 8.62. The van der Waals surface area contributed by atoms with Gasteiger partial charge in [-0.25, -0.2) is 0 Å². The highest BCUT2D eigenvalue weighted by Gasteiger charge is 2.39. The number of nitrogens with one attached hydrogen (secondary N) is 1. The molecule has 47 heavy (non-hydrogen) atoms. The Balaban J connectivity index is -0.000000184. The number of phenolic OH excluding ortho intramolecular Hbond substituents is 1. The summed E-state index contributed by atoms with van der Waals surface area (Å²) in [6, 6.07) is 16.3. The van der Waals surface area contributed by atoms with E-state index in [2.05, 4.69) is 17.9 Å². The van der Waals surface area contributed by atoms with Crippen molar-refractivity contribution in [2.75, 3.05) is 88.3 Å². The van der Waals surface area contributed by atoms with E-state index in [0.717, 1.165) is 29.5 Å². The Morgan fingerprint density at radius 2 is 1.06 bits per heavy atom. The molecule has 0 heterocycles. The smallest absolute Gasteiger partial charge is 0.504 e. The van der Waals surface area contributed by atoms with Gasteiger partial charge in [0.25, 0.3) is 0 Å². The van der Waals surface area contributed by atoms with Crippen LogP contribution in [-0.2, 0) is 45.9 Å². The molecule has 16 heteroatoms. The molecule has 0 amide bonds. The molecular weight excluding hydrogens is 679 g/mol. The highest BCUT2D eigenvalue weighted by molar-refractivity contribution is 7.80. The van der Waals surface area contributed by atoms with E-state index >= 15 is 0 Å². The maximum atomic E-state index is 9.50. The van der Waals surface area contributed by atoms with E-state index in [9.17, 15) is 5.11 Å². The van der Waals surface area contributed by atoms with Gasteiger partial charge >= 0.3 is 26.4 Å². The maximum absolute atomic E-state index is 9.50. The minimum absolute atomic E-state index is 0. The molecule has 0 fully saturated rings. The molecule has 0 aliphatic heterocycles. The van der Waals surface area contributed by atoms with Gasteiger partial charge in [-0.05, 0) is 42.0 Å². The summed E-state index contributed by atoms with van der Waals surface area (Å²) in [6.45, 7) is 0. The van der Waals surface area contributed by atoms with Crippen molar-refractivity contribution in [1.82, 2.24) is 0 Å². The SMILES string of the molecule is C.C.C.C.CO[Si](CCCS)(OC)OC.CO[Si](CNc1ccccc1)(OC)OC.COc1cc(C[Si](OC)(OC)OC)ccc1O. The summed E-state index contributed by atoms with van der Waals surface area (Å²) >= 11 is 4.10. The number of benzene rings is 2. The topological polar surface area (TPSA) is 125 Å². The molecule has 0 bridgehead atoms. The first-order chi connectivity index (χ1) is 20.6. The number of methoxy groups -OCH3 is 1. The summed E-state index contributed by atoms with van der Waals surface area (Å²) in [4.78, 5) is 0. The van der Waals surface area contributed by atoms with Crippen molar-refractivity contribution in [3.8, 4) is 11.5 Å². The molecule has 12 nitrogen and oxygen atoms in total. The van der Waals surface area contributed by atoms with Gasteiger partial charge in [0.15, 0.2) is 11.5 Å². The number of aromatic hydroxyl groups is 1. The summed E-state index contributed by atoms with van der Waals surface area (Å²) in [7, 11) is 8.44. The molecule has 0 spiro atoms. The summed E-state index contributed by atoms with van der Waals surface area (Å²) in [5, 5.41) is 12.7. The Kier molecular flexibility index (Phi) is 35.7. The second-order valence-corrected chi connectivity index (χ2v) is 18.0. The van der Waals surface area contributed by atoms with Crippen LogP contribution >= 0.6 is 12.6 Å². The normalized spacial score (nSPS) is 10.6. The monoisotopic (exact) mass is 745 g/mol. The van der Waals surface area contributed by atoms with E-state index in [1.165, 1.54) is 7.11 Å². The molecule has 0 unspecified atom stereocenters. The third-order valence-corrected chi connectivity index (χ3v) is 14.7. The average Bonchev–Trinajstić information content (AvgIpc) is 3.07. The van der Waals surface area contributed by atoms with Gasteiger partial charge in [0.05, 0.1) is 13.3 Å². The Morgan fingerprint density at radius 3 is 1.45 bits per heavy atom. The first kappa shape index (κ1) is 54.9. The molecule has 0 atom stereocenters. The molecule has 2 aromatic rings. The number of rotatable bonds is 18. The van der Waals surface area contributed by atoms with Crippen LogP contribution in [-0.4, -0.2) is 115 Å². The van der Waals surface area contributed by atoms with Gasteiger partial charge in [-0.3, -0.25) is 0 Å². The van der Waals surface area contributed by atoms with Gasteiger partial charge < -0.3 is 55.0 Å². The third kappa shape index (κ3) is 19.3. The van der Waals surface area contributed by atoms with Crippen molar-refractivity contribution in [1.29, 1.82) is 0 Å². The van der Waals surface area contributed by atoms with Crippen LogP contribution in [0.2, 0.25) is 6.04 Å². The van der Waals surface area contributed by atoms with E-state index in [1.54, 1.807) is 82.2 Å². The fourth-order valence-corrected chi connectivity index (χ4v) is 8.82. The van der Waals surface area contributed by atoms with Gasteiger partial charge in [-0.2, -0.15) is 12.6 Å². The summed E-state index contributed by atoms with van der Waals surface area (Å²) in [6.07, 6.45) is 1.52. The predicted octanol–water partition coefficient (Wildman–Crippen LogP) is 6.61. The zero-order chi connectivity index (χ0) is 32.8. The van der Waals surface area contributed by atoms with Gasteiger partial charge in [0.2, 0.25) is 0 Å². The standard InChI is InChI=1S/C11H18O5Si.C10H17NO3Si.C6H16O3SSi.4CH4/c1-13-11-7-9(5-6-10(11)12)8-17(14-2,15-3)16-4;1-12-15(13-2,14-3)9-11-10-7-5-4-6-8-10;1-7-11(8-2,9-3)6-4-5-10;;;;/h5-7,12H,8H2,1-4H3;4-8,11H,9H2,1-3H3;10H,4-6H2,1-3H3;4*1H4. The lowest BCUT2D eigenvalue weighted by Crippen LogP contribution is -2.49. The van der Waals surface area contributed by atoms with Crippen LogP contribution in [0.15, 0.2) is 48.5 Å². The summed E-state index contributed by atoms with van der Waals surface area (Å²) < 4.78 is 52.5. The highest BCUT2D eigenvalue weighted by atomic mass is 32.1. The maximum Gasteiger partial charge on any atom is 0.520 e. The van der Waals surface area contributed by atoms with Crippen molar-refractivity contribution >= 4 is 44.7 Å². The van der Waals surface area contributed by atoms with Crippen molar-refractivity contribution in [3.63, 3.8) is 0 Å². The number of phenols is 1. The van der Waals surface area contributed by atoms with Crippen molar-refractivity contribution in [3.05, 3.63) is 54.1 Å². The van der Waals surface area contributed by atoms with Gasteiger partial charge in [0.1, 0.15) is 0 Å². The first-order valence-electron chi connectivity index (χ1n) is 13.3. The molecule has 0 aromatic heterocycles. The lowest BCUT2D eigenvalue weighted by molar-refractivity contribution is 0.122. The Bertz CT molecular complexity index is 948. The number of para-hydroxylation sites is 1. The van der Waals surface area contributed by atoms with Crippen LogP contribution in [0.4, 0.5) is 5.69 Å². The van der Waals surface area contributed by atoms with E-state index in [0.29, 0.717) is 18.0 Å². The van der Waals surface area contributed by atoms with E-state index in [-0.39, 0.29) is 35.5 Å². The second kappa shape index (κ2) is 30.5. The molecule has 2 aromatic carbocycles. The Labute approximate surface area is 295 Å². The molecule has 2 rings (SSSR count). The Morgan fingerprint density at radius 1 is 0.617 bits per heavy atom. The lowest BCUT2D eigenvalue weighted by Gasteiger charge is -2.24. The van der Waals surface area contributed by atoms with Gasteiger partial charge in [-0.15, -0.1) is 0 Å². The molecule has 0 saturated heterocycles. The van der Waals surface area contributed by atoms with E-state index < -0.39 is 26.4 Å². The van der Waals surface area contributed by atoms with Crippen molar-refractivity contribution in [2.45, 2.75) is 48.2 Å². The predicted molar refractivity (Wildman–Crippen MR) is 204 cm³/mol. The molecule has 0 aliphatic rings. The molecular formula is C31H67NO11SSi3. The van der Waals surface area contributed by atoms with Crippen molar-refractivity contribution in [2.24, 2.45) is 0 Å². The first-order valence-corrected chi connectivity index (χ1v) is 19.8. The minimum atomic E-state index is -2.65. The highest BCUT2D eigenvalue weighted by Crippen LogP contribution is 2.28. The van der Waals surface area contributed by atoms with Crippen LogP contribution in [0.25, 0.3) is 0 Å². The van der Waals surface area contributed by atoms with Crippen LogP contribution in [0, 0.1) is 0 Å². The summed E-state index contributed by atoms with van der Waals surface area (Å²) in [5.41, 5.74) is 1.96. The van der Waals surface area contributed by atoms with Crippen LogP contribution in [0.1, 0.15) is 41.7 Å². The largest absolute Gasteiger partial charge is 0.520 e. The van der Waals surface area contributed by atoms with Gasteiger partial charge in [0, 0.05) is 81.8 Å². The molecule has 2 N–H and O–H groups in total. The molecule has 0 radical (unpaired) electrons. The number of thiol groups is 1. The van der Waals surface area contributed by atoms with E-state index in [4.69, 9.17) is 44.6 Å². The zero-order valence-electron chi connectivity index (χ0n) is 27.1. The average molecular weight is 746 g/mol. The van der Waals surface area contributed by atoms with Crippen LogP contribution in [0.3, 0.4) is 0 Å². The Hall–Kier alpha value is -1.52. The van der Waals surface area contributed by atoms with E-state index in [1.807, 2.05) is 30.3 Å². The van der Waals surface area contributed by atoms with Crippen LogP contribution < -0.4 is 10.1 Å². The third-order valence-electron chi connectivity index (χ3n) is 6.39. The fraction of sp³-hybridized carbons (Fsp3) is 0.613. The minimum Gasteiger partial charge on any atom is -0.504 e. The fourth-order valence-electron chi connectivity index (χ4n) is 3.63. The molecule has 0 saturated carbocycles. The van der Waals surface area contributed by atoms with Crippen LogP contribution in [0.5, 0.6) is 11.5 Å². The molecule has 280 valence electrons. The number of hydrogen-bond acceptors (Lipinski definition) is 13. The number of hydrogen-bond donors (Lipinski definition) is 3. The van der Waals surface area contributed by atoms with Crippen molar-refractivity contribution < 1.29 is 49.7 Å². The summed E-state index contributed by atoms with van der Waals surface area (Å²) in [5.74, 6) is 1.37. The zero-order valence-corrected chi connectivity index (χ0v) is 31.0. The quantitative estimate of drug-likeness (QED) is 0.112. The number of anilines is 1.